The molecule has 0 spiro atoms. The first-order chi connectivity index (χ1) is 9.15. The van der Waals surface area contributed by atoms with Gasteiger partial charge < -0.3 is 15.4 Å². The Morgan fingerprint density at radius 1 is 1.63 bits per heavy atom. The predicted molar refractivity (Wildman–Crippen MR) is 74.3 cm³/mol. The van der Waals surface area contributed by atoms with Crippen molar-refractivity contribution < 1.29 is 9.53 Å². The summed E-state index contributed by atoms with van der Waals surface area (Å²) in [4.78, 5) is 15.7. The van der Waals surface area contributed by atoms with Crippen molar-refractivity contribution in [1.29, 1.82) is 0 Å². The van der Waals surface area contributed by atoms with Crippen LogP contribution in [-0.2, 0) is 9.53 Å². The molecule has 19 heavy (non-hydrogen) atoms. The Hall–Kier alpha value is -1.17. The number of aromatic nitrogens is 1. The van der Waals surface area contributed by atoms with E-state index in [0.29, 0.717) is 10.8 Å². The third-order valence-electron chi connectivity index (χ3n) is 3.10. The normalized spacial score (nSPS) is 20.2. The van der Waals surface area contributed by atoms with Gasteiger partial charge in [-0.1, -0.05) is 11.6 Å². The number of carbonyl (C=O) groups excluding carboxylic acids is 1. The lowest BCUT2D eigenvalue weighted by Gasteiger charge is -2.19. The molecule has 2 N–H and O–H groups in total. The fraction of sp³-hybridized carbons (Fsp3) is 0.538. The minimum absolute atomic E-state index is 0.125. The van der Waals surface area contributed by atoms with E-state index in [1.807, 2.05) is 6.92 Å². The second-order valence-electron chi connectivity index (χ2n) is 4.63. The molecule has 2 atom stereocenters. The minimum atomic E-state index is -0.125. The number of carbonyl (C=O) groups is 1. The minimum Gasteiger partial charge on any atom is -0.377 e. The van der Waals surface area contributed by atoms with E-state index < -0.39 is 0 Å². The molecule has 104 valence electrons. The van der Waals surface area contributed by atoms with Crippen molar-refractivity contribution in [3.63, 3.8) is 0 Å². The number of nitrogens with one attached hydrogen (secondary N) is 2. The van der Waals surface area contributed by atoms with Crippen LogP contribution in [0, 0.1) is 0 Å². The molecule has 1 aliphatic heterocycles. The van der Waals surface area contributed by atoms with Gasteiger partial charge in [-0.3, -0.25) is 4.79 Å². The number of anilines is 1. The van der Waals surface area contributed by atoms with Gasteiger partial charge in [0.1, 0.15) is 5.82 Å². The van der Waals surface area contributed by atoms with E-state index in [2.05, 4.69) is 15.6 Å². The second kappa shape index (κ2) is 6.84. The number of nitrogens with zero attached hydrogens (tertiary/aromatic N) is 1. The van der Waals surface area contributed by atoms with Gasteiger partial charge in [-0.05, 0) is 31.9 Å². The molecule has 1 amide bonds. The standard InChI is InChI=1S/C13H18ClN3O2/c1-9(11-3-2-6-19-11)15-8-13(18)17-12-5-4-10(14)7-16-12/h4-5,7,9,11,15H,2-3,6,8H2,1H3,(H,16,17,18)/t9-,11+/m1/s1. The van der Waals surface area contributed by atoms with Crippen molar-refractivity contribution >= 4 is 23.3 Å². The summed E-state index contributed by atoms with van der Waals surface area (Å²) in [7, 11) is 0. The molecular weight excluding hydrogens is 266 g/mol. The van der Waals surface area contributed by atoms with Crippen LogP contribution in [0.4, 0.5) is 5.82 Å². The monoisotopic (exact) mass is 283 g/mol. The number of hydrogen-bond acceptors (Lipinski definition) is 4. The molecule has 5 nitrogen and oxygen atoms in total. The summed E-state index contributed by atoms with van der Waals surface area (Å²) < 4.78 is 5.56. The Morgan fingerprint density at radius 2 is 2.47 bits per heavy atom. The number of rotatable bonds is 5. The third-order valence-corrected chi connectivity index (χ3v) is 3.33. The molecule has 2 heterocycles. The van der Waals surface area contributed by atoms with Crippen molar-refractivity contribution in [3.05, 3.63) is 23.4 Å². The molecule has 1 saturated heterocycles. The average Bonchev–Trinajstić information content (AvgIpc) is 2.93. The zero-order chi connectivity index (χ0) is 13.7. The maximum absolute atomic E-state index is 11.7. The average molecular weight is 284 g/mol. The highest BCUT2D eigenvalue weighted by Crippen LogP contribution is 2.15. The lowest BCUT2D eigenvalue weighted by molar-refractivity contribution is -0.115. The van der Waals surface area contributed by atoms with Crippen LogP contribution in [0.2, 0.25) is 5.02 Å². The van der Waals surface area contributed by atoms with Crippen LogP contribution in [-0.4, -0.2) is 36.2 Å². The Morgan fingerprint density at radius 3 is 3.11 bits per heavy atom. The van der Waals surface area contributed by atoms with Crippen molar-refractivity contribution in [2.75, 3.05) is 18.5 Å². The highest BCUT2D eigenvalue weighted by atomic mass is 35.5. The molecule has 1 aliphatic rings. The van der Waals surface area contributed by atoms with Crippen LogP contribution in [0.25, 0.3) is 0 Å². The van der Waals surface area contributed by atoms with E-state index in [0.717, 1.165) is 19.4 Å². The first kappa shape index (κ1) is 14.2. The number of ether oxygens (including phenoxy) is 1. The predicted octanol–water partition coefficient (Wildman–Crippen LogP) is 1.83. The smallest absolute Gasteiger partial charge is 0.239 e. The van der Waals surface area contributed by atoms with Crippen molar-refractivity contribution in [2.24, 2.45) is 0 Å². The molecule has 0 unspecified atom stereocenters. The lowest BCUT2D eigenvalue weighted by atomic mass is 10.1. The summed E-state index contributed by atoms with van der Waals surface area (Å²) in [6, 6.07) is 3.53. The zero-order valence-corrected chi connectivity index (χ0v) is 11.6. The number of amides is 1. The third kappa shape index (κ3) is 4.45. The molecule has 0 saturated carbocycles. The van der Waals surface area contributed by atoms with Crippen molar-refractivity contribution in [2.45, 2.75) is 31.9 Å². The first-order valence-corrected chi connectivity index (χ1v) is 6.79. The molecule has 0 radical (unpaired) electrons. The quantitative estimate of drug-likeness (QED) is 0.865. The van der Waals surface area contributed by atoms with Crippen LogP contribution in [0.3, 0.4) is 0 Å². The highest BCUT2D eigenvalue weighted by molar-refractivity contribution is 6.30. The lowest BCUT2D eigenvalue weighted by Crippen LogP contribution is -2.41. The summed E-state index contributed by atoms with van der Waals surface area (Å²) in [5.74, 6) is 0.376. The van der Waals surface area contributed by atoms with Gasteiger partial charge in [-0.25, -0.2) is 4.98 Å². The van der Waals surface area contributed by atoms with E-state index in [1.54, 1.807) is 12.1 Å². The molecule has 1 fully saturated rings. The topological polar surface area (TPSA) is 63.2 Å². The van der Waals surface area contributed by atoms with Gasteiger partial charge in [0, 0.05) is 18.8 Å². The van der Waals surface area contributed by atoms with Gasteiger partial charge in [-0.15, -0.1) is 0 Å². The number of pyridine rings is 1. The Bertz CT molecular complexity index is 418. The van der Waals surface area contributed by atoms with E-state index in [-0.39, 0.29) is 24.6 Å². The van der Waals surface area contributed by atoms with Crippen LogP contribution in [0.1, 0.15) is 19.8 Å². The molecule has 1 aromatic heterocycles. The molecule has 6 heteroatoms. The fourth-order valence-electron chi connectivity index (χ4n) is 2.02. The SMILES string of the molecule is C[C@@H](NCC(=O)Nc1ccc(Cl)cn1)[C@@H]1CCCO1. The van der Waals surface area contributed by atoms with Crippen LogP contribution in [0.5, 0.6) is 0 Å². The van der Waals surface area contributed by atoms with Gasteiger partial charge in [-0.2, -0.15) is 0 Å². The second-order valence-corrected chi connectivity index (χ2v) is 5.07. The molecule has 2 rings (SSSR count). The molecule has 0 aliphatic carbocycles. The van der Waals surface area contributed by atoms with Gasteiger partial charge in [0.25, 0.3) is 0 Å². The van der Waals surface area contributed by atoms with Crippen molar-refractivity contribution in [3.8, 4) is 0 Å². The molecule has 1 aromatic rings. The number of hydrogen-bond donors (Lipinski definition) is 2. The summed E-state index contributed by atoms with van der Waals surface area (Å²) in [5, 5.41) is 6.41. The van der Waals surface area contributed by atoms with Gasteiger partial charge >= 0.3 is 0 Å². The van der Waals surface area contributed by atoms with Crippen molar-refractivity contribution in [1.82, 2.24) is 10.3 Å². The summed E-state index contributed by atoms with van der Waals surface area (Å²) in [6.45, 7) is 3.09. The van der Waals surface area contributed by atoms with Crippen LogP contribution < -0.4 is 10.6 Å². The zero-order valence-electron chi connectivity index (χ0n) is 10.9. The first-order valence-electron chi connectivity index (χ1n) is 6.41. The maximum Gasteiger partial charge on any atom is 0.239 e. The van der Waals surface area contributed by atoms with Gasteiger partial charge in [0.2, 0.25) is 5.91 Å². The van der Waals surface area contributed by atoms with E-state index in [9.17, 15) is 4.79 Å². The molecule has 0 aromatic carbocycles. The summed E-state index contributed by atoms with van der Waals surface area (Å²) in [6.07, 6.45) is 3.85. The fourth-order valence-corrected chi connectivity index (χ4v) is 2.13. The molecular formula is C13H18ClN3O2. The maximum atomic E-state index is 11.7. The van der Waals surface area contributed by atoms with E-state index in [4.69, 9.17) is 16.3 Å². The largest absolute Gasteiger partial charge is 0.377 e. The van der Waals surface area contributed by atoms with Gasteiger partial charge in [0.15, 0.2) is 0 Å². The Balaban J connectivity index is 1.73. The van der Waals surface area contributed by atoms with E-state index in [1.165, 1.54) is 6.20 Å². The Labute approximate surface area is 117 Å². The van der Waals surface area contributed by atoms with Crippen LogP contribution >= 0.6 is 11.6 Å². The summed E-state index contributed by atoms with van der Waals surface area (Å²) in [5.41, 5.74) is 0. The Kier molecular flexibility index (Phi) is 5.13. The number of halogens is 1. The molecule has 0 bridgehead atoms. The van der Waals surface area contributed by atoms with E-state index >= 15 is 0 Å². The van der Waals surface area contributed by atoms with Crippen LogP contribution in [0.15, 0.2) is 18.3 Å². The highest BCUT2D eigenvalue weighted by Gasteiger charge is 2.22. The summed E-state index contributed by atoms with van der Waals surface area (Å²) >= 11 is 5.72. The van der Waals surface area contributed by atoms with Gasteiger partial charge in [0.05, 0.1) is 17.7 Å².